The van der Waals surface area contributed by atoms with E-state index in [4.69, 9.17) is 4.74 Å². The fourth-order valence-corrected chi connectivity index (χ4v) is 3.30. The summed E-state index contributed by atoms with van der Waals surface area (Å²) in [6, 6.07) is -0.0887. The van der Waals surface area contributed by atoms with E-state index in [1.807, 2.05) is 20.8 Å². The summed E-state index contributed by atoms with van der Waals surface area (Å²) in [4.78, 5) is 26.4. The third-order valence-corrected chi connectivity index (χ3v) is 4.39. The highest BCUT2D eigenvalue weighted by Crippen LogP contribution is 2.22. The molecular weight excluding hydrogens is 280 g/mol. The van der Waals surface area contributed by atoms with E-state index in [1.165, 1.54) is 25.7 Å². The van der Waals surface area contributed by atoms with E-state index in [0.717, 1.165) is 25.7 Å². The average molecular weight is 310 g/mol. The molecule has 1 atom stereocenters. The van der Waals surface area contributed by atoms with Gasteiger partial charge in [0.25, 0.3) is 0 Å². The molecular formula is C17H30N2O3. The van der Waals surface area contributed by atoms with Crippen LogP contribution in [0.15, 0.2) is 0 Å². The molecule has 0 radical (unpaired) electrons. The molecule has 1 aliphatic heterocycles. The van der Waals surface area contributed by atoms with E-state index >= 15 is 0 Å². The standard InChI is InChI=1S/C17H30N2O3/c1-17(2,3)22-16(21)19-12-8-11-14(19)15(20)18-13-9-6-4-5-7-10-13/h13-14H,4-12H2,1-3H3,(H,18,20)/t14-/m0/s1. The molecule has 1 N–H and O–H groups in total. The maximum absolute atomic E-state index is 12.5. The van der Waals surface area contributed by atoms with Gasteiger partial charge in [-0.15, -0.1) is 0 Å². The molecule has 1 aliphatic carbocycles. The third-order valence-electron chi connectivity index (χ3n) is 4.39. The van der Waals surface area contributed by atoms with Crippen LogP contribution in [-0.2, 0) is 9.53 Å². The summed E-state index contributed by atoms with van der Waals surface area (Å²) >= 11 is 0. The molecule has 1 saturated heterocycles. The van der Waals surface area contributed by atoms with Crippen molar-refractivity contribution in [2.75, 3.05) is 6.54 Å². The van der Waals surface area contributed by atoms with Crippen LogP contribution in [0.3, 0.4) is 0 Å². The molecule has 0 spiro atoms. The highest BCUT2D eigenvalue weighted by atomic mass is 16.6. The molecule has 0 bridgehead atoms. The van der Waals surface area contributed by atoms with Crippen LogP contribution in [0.5, 0.6) is 0 Å². The smallest absolute Gasteiger partial charge is 0.410 e. The first-order chi connectivity index (χ1) is 10.4. The lowest BCUT2D eigenvalue weighted by molar-refractivity contribution is -0.126. The van der Waals surface area contributed by atoms with E-state index in [1.54, 1.807) is 4.90 Å². The SMILES string of the molecule is CC(C)(C)OC(=O)N1CCC[C@H]1C(=O)NC1CCCCCC1. The van der Waals surface area contributed by atoms with Gasteiger partial charge in [0.15, 0.2) is 0 Å². The van der Waals surface area contributed by atoms with Crippen LogP contribution < -0.4 is 5.32 Å². The van der Waals surface area contributed by atoms with Gasteiger partial charge in [-0.25, -0.2) is 4.79 Å². The second-order valence-electron chi connectivity index (χ2n) is 7.53. The zero-order chi connectivity index (χ0) is 16.2. The molecule has 5 heteroatoms. The molecule has 0 aromatic heterocycles. The Morgan fingerprint density at radius 1 is 1.00 bits per heavy atom. The zero-order valence-corrected chi connectivity index (χ0v) is 14.2. The normalized spacial score (nSPS) is 24.0. The van der Waals surface area contributed by atoms with Crippen molar-refractivity contribution < 1.29 is 14.3 Å². The Morgan fingerprint density at radius 3 is 2.23 bits per heavy atom. The molecule has 2 aliphatic rings. The molecule has 2 rings (SSSR count). The predicted molar refractivity (Wildman–Crippen MR) is 85.6 cm³/mol. The van der Waals surface area contributed by atoms with E-state index in [2.05, 4.69) is 5.32 Å². The Hall–Kier alpha value is -1.26. The van der Waals surface area contributed by atoms with Gasteiger partial charge < -0.3 is 10.1 Å². The molecule has 0 aromatic carbocycles. The van der Waals surface area contributed by atoms with Crippen molar-refractivity contribution in [3.63, 3.8) is 0 Å². The molecule has 2 fully saturated rings. The lowest BCUT2D eigenvalue weighted by Crippen LogP contribution is -2.49. The summed E-state index contributed by atoms with van der Waals surface area (Å²) in [7, 11) is 0. The van der Waals surface area contributed by atoms with Crippen LogP contribution in [0.1, 0.15) is 72.1 Å². The van der Waals surface area contributed by atoms with Gasteiger partial charge in [0, 0.05) is 12.6 Å². The third kappa shape index (κ3) is 4.89. The monoisotopic (exact) mass is 310 g/mol. The minimum absolute atomic E-state index is 0.00439. The lowest BCUT2D eigenvalue weighted by atomic mass is 10.1. The highest BCUT2D eigenvalue weighted by Gasteiger charge is 2.37. The fourth-order valence-electron chi connectivity index (χ4n) is 3.30. The van der Waals surface area contributed by atoms with Gasteiger partial charge in [0.05, 0.1) is 0 Å². The first-order valence-electron chi connectivity index (χ1n) is 8.67. The van der Waals surface area contributed by atoms with Crippen molar-refractivity contribution >= 4 is 12.0 Å². The van der Waals surface area contributed by atoms with Gasteiger partial charge in [-0.3, -0.25) is 9.69 Å². The van der Waals surface area contributed by atoms with Crippen molar-refractivity contribution in [2.24, 2.45) is 0 Å². The van der Waals surface area contributed by atoms with E-state index in [0.29, 0.717) is 6.54 Å². The summed E-state index contributed by atoms with van der Waals surface area (Å²) in [5.41, 5.74) is -0.526. The van der Waals surface area contributed by atoms with Gasteiger partial charge in [-0.05, 0) is 46.5 Å². The Morgan fingerprint density at radius 2 is 1.64 bits per heavy atom. The van der Waals surface area contributed by atoms with Crippen LogP contribution in [0.4, 0.5) is 4.79 Å². The van der Waals surface area contributed by atoms with Crippen molar-refractivity contribution in [1.82, 2.24) is 10.2 Å². The number of ether oxygens (including phenoxy) is 1. The number of hydrogen-bond acceptors (Lipinski definition) is 3. The maximum Gasteiger partial charge on any atom is 0.410 e. The number of carbonyl (C=O) groups is 2. The summed E-state index contributed by atoms with van der Waals surface area (Å²) in [6.45, 7) is 6.16. The Bertz CT molecular complexity index is 395. The van der Waals surface area contributed by atoms with Gasteiger partial charge in [0.2, 0.25) is 5.91 Å². The Labute approximate surface area is 133 Å². The van der Waals surface area contributed by atoms with Crippen molar-refractivity contribution in [3.05, 3.63) is 0 Å². The number of nitrogens with zero attached hydrogens (tertiary/aromatic N) is 1. The van der Waals surface area contributed by atoms with E-state index in [-0.39, 0.29) is 24.1 Å². The summed E-state index contributed by atoms with van der Waals surface area (Å²) in [5, 5.41) is 3.16. The first kappa shape index (κ1) is 17.1. The largest absolute Gasteiger partial charge is 0.444 e. The lowest BCUT2D eigenvalue weighted by Gasteiger charge is -2.29. The summed E-state index contributed by atoms with van der Waals surface area (Å²) in [5.74, 6) is -0.00439. The highest BCUT2D eigenvalue weighted by molar-refractivity contribution is 5.86. The van der Waals surface area contributed by atoms with Gasteiger partial charge in [-0.1, -0.05) is 25.7 Å². The fraction of sp³-hybridized carbons (Fsp3) is 0.882. The summed E-state index contributed by atoms with van der Waals surface area (Å²) in [6.07, 6.45) is 8.25. The van der Waals surface area contributed by atoms with Gasteiger partial charge in [-0.2, -0.15) is 0 Å². The van der Waals surface area contributed by atoms with Gasteiger partial charge >= 0.3 is 6.09 Å². The second kappa shape index (κ2) is 7.34. The second-order valence-corrected chi connectivity index (χ2v) is 7.53. The molecule has 126 valence electrons. The van der Waals surface area contributed by atoms with Crippen LogP contribution in [0.25, 0.3) is 0 Å². The minimum Gasteiger partial charge on any atom is -0.444 e. The minimum atomic E-state index is -0.526. The van der Waals surface area contributed by atoms with Crippen molar-refractivity contribution in [3.8, 4) is 0 Å². The molecule has 0 aromatic rings. The first-order valence-corrected chi connectivity index (χ1v) is 8.67. The summed E-state index contributed by atoms with van der Waals surface area (Å²) < 4.78 is 5.42. The number of nitrogens with one attached hydrogen (secondary N) is 1. The van der Waals surface area contributed by atoms with E-state index < -0.39 is 5.60 Å². The van der Waals surface area contributed by atoms with Crippen LogP contribution >= 0.6 is 0 Å². The Kier molecular flexibility index (Phi) is 5.70. The predicted octanol–water partition coefficient (Wildman–Crippen LogP) is 3.22. The Balaban J connectivity index is 1.91. The molecule has 1 heterocycles. The van der Waals surface area contributed by atoms with E-state index in [9.17, 15) is 9.59 Å². The number of amides is 2. The number of hydrogen-bond donors (Lipinski definition) is 1. The maximum atomic E-state index is 12.5. The number of carbonyl (C=O) groups excluding carboxylic acids is 2. The molecule has 22 heavy (non-hydrogen) atoms. The average Bonchev–Trinajstić information content (AvgIpc) is 2.77. The number of rotatable bonds is 2. The van der Waals surface area contributed by atoms with Crippen LogP contribution in [-0.4, -0.2) is 41.1 Å². The number of likely N-dealkylation sites (tertiary alicyclic amines) is 1. The molecule has 2 amide bonds. The quantitative estimate of drug-likeness (QED) is 0.797. The zero-order valence-electron chi connectivity index (χ0n) is 14.2. The van der Waals surface area contributed by atoms with Crippen LogP contribution in [0.2, 0.25) is 0 Å². The topological polar surface area (TPSA) is 58.6 Å². The molecule has 5 nitrogen and oxygen atoms in total. The molecule has 1 saturated carbocycles. The van der Waals surface area contributed by atoms with Crippen LogP contribution in [0, 0.1) is 0 Å². The molecule has 0 unspecified atom stereocenters. The van der Waals surface area contributed by atoms with Crippen molar-refractivity contribution in [1.29, 1.82) is 0 Å². The van der Waals surface area contributed by atoms with Gasteiger partial charge in [0.1, 0.15) is 11.6 Å². The van der Waals surface area contributed by atoms with Crippen molar-refractivity contribution in [2.45, 2.75) is 89.8 Å².